The second-order valence-corrected chi connectivity index (χ2v) is 4.27. The first-order valence-corrected chi connectivity index (χ1v) is 5.45. The lowest BCUT2D eigenvalue weighted by molar-refractivity contribution is 0.597. The van der Waals surface area contributed by atoms with Gasteiger partial charge in [-0.2, -0.15) is 13.5 Å². The van der Waals surface area contributed by atoms with E-state index >= 15 is 0 Å². The second kappa shape index (κ2) is 3.65. The molecule has 8 heteroatoms. The van der Waals surface area contributed by atoms with Gasteiger partial charge in [0.05, 0.1) is 6.20 Å². The first kappa shape index (κ1) is 9.59. The Kier molecular flexibility index (Phi) is 2.34. The van der Waals surface area contributed by atoms with Gasteiger partial charge in [-0.15, -0.1) is 0 Å². The summed E-state index contributed by atoms with van der Waals surface area (Å²) in [6.45, 7) is 0. The van der Waals surface area contributed by atoms with E-state index in [4.69, 9.17) is 0 Å². The number of sulfonamides is 1. The average molecular weight is 225 g/mol. The van der Waals surface area contributed by atoms with Crippen LogP contribution in [0.25, 0.3) is 0 Å². The summed E-state index contributed by atoms with van der Waals surface area (Å²) in [6, 6.07) is 2.80. The van der Waals surface area contributed by atoms with Gasteiger partial charge in [-0.3, -0.25) is 9.82 Å². The van der Waals surface area contributed by atoms with Crippen molar-refractivity contribution in [3.05, 3.63) is 30.9 Å². The molecule has 0 saturated heterocycles. The summed E-state index contributed by atoms with van der Waals surface area (Å²) < 4.78 is 25.5. The number of aromatic amines is 1. The maximum absolute atomic E-state index is 11.6. The van der Waals surface area contributed by atoms with Gasteiger partial charge < -0.3 is 0 Å². The van der Waals surface area contributed by atoms with Crippen LogP contribution in [0.4, 0.5) is 5.82 Å². The zero-order valence-corrected chi connectivity index (χ0v) is 8.27. The second-order valence-electron chi connectivity index (χ2n) is 2.62. The molecule has 2 rings (SSSR count). The number of nitrogens with one attached hydrogen (secondary N) is 2. The minimum absolute atomic E-state index is 0.0129. The Morgan fingerprint density at radius 2 is 2.13 bits per heavy atom. The van der Waals surface area contributed by atoms with E-state index in [1.165, 1.54) is 30.9 Å². The molecule has 0 fully saturated rings. The molecule has 0 saturated carbocycles. The maximum atomic E-state index is 11.6. The Bertz CT molecular complexity index is 522. The van der Waals surface area contributed by atoms with E-state index in [9.17, 15) is 8.42 Å². The van der Waals surface area contributed by atoms with Crippen LogP contribution in [0, 0.1) is 0 Å². The molecular formula is C7H7N5O2S. The van der Waals surface area contributed by atoms with Crippen LogP contribution in [0.5, 0.6) is 0 Å². The fourth-order valence-corrected chi connectivity index (χ4v) is 1.86. The van der Waals surface area contributed by atoms with Gasteiger partial charge in [-0.1, -0.05) is 0 Å². The highest BCUT2D eigenvalue weighted by molar-refractivity contribution is 7.92. The molecule has 0 bridgehead atoms. The lowest BCUT2D eigenvalue weighted by Crippen LogP contribution is -2.14. The molecule has 2 heterocycles. The summed E-state index contributed by atoms with van der Waals surface area (Å²) in [6.07, 6.45) is 4.05. The fraction of sp³-hybridized carbons (Fsp3) is 0. The van der Waals surface area contributed by atoms with Crippen molar-refractivity contribution < 1.29 is 8.42 Å². The molecule has 15 heavy (non-hydrogen) atoms. The third-order valence-electron chi connectivity index (χ3n) is 1.59. The SMILES string of the molecule is O=S(=O)(Nc1ccncn1)c1ccn[nH]1. The van der Waals surface area contributed by atoms with E-state index in [2.05, 4.69) is 24.9 Å². The van der Waals surface area contributed by atoms with Gasteiger partial charge in [0.25, 0.3) is 10.0 Å². The molecular weight excluding hydrogens is 218 g/mol. The number of hydrogen-bond donors (Lipinski definition) is 2. The van der Waals surface area contributed by atoms with E-state index in [0.717, 1.165) is 0 Å². The topological polar surface area (TPSA) is 101 Å². The molecule has 0 atom stereocenters. The third kappa shape index (κ3) is 2.10. The van der Waals surface area contributed by atoms with Crippen molar-refractivity contribution in [2.75, 3.05) is 4.72 Å². The van der Waals surface area contributed by atoms with Crippen molar-refractivity contribution >= 4 is 15.8 Å². The minimum Gasteiger partial charge on any atom is -0.266 e. The van der Waals surface area contributed by atoms with Gasteiger partial charge in [0.1, 0.15) is 12.1 Å². The number of aromatic nitrogens is 4. The first-order valence-electron chi connectivity index (χ1n) is 3.97. The number of rotatable bonds is 3. The predicted octanol–water partition coefficient (Wildman–Crippen LogP) is 0.000500. The molecule has 0 radical (unpaired) electrons. The molecule has 7 nitrogen and oxygen atoms in total. The van der Waals surface area contributed by atoms with Crippen LogP contribution in [-0.2, 0) is 10.0 Å². The first-order chi connectivity index (χ1) is 7.18. The Hall–Kier alpha value is -1.96. The summed E-state index contributed by atoms with van der Waals surface area (Å²) >= 11 is 0. The number of nitrogens with zero attached hydrogens (tertiary/aromatic N) is 3. The predicted molar refractivity (Wildman–Crippen MR) is 51.4 cm³/mol. The van der Waals surface area contributed by atoms with Crippen LogP contribution in [0.3, 0.4) is 0 Å². The Morgan fingerprint density at radius 3 is 2.73 bits per heavy atom. The summed E-state index contributed by atoms with van der Waals surface area (Å²) in [7, 11) is -3.63. The zero-order valence-electron chi connectivity index (χ0n) is 7.45. The Balaban J connectivity index is 2.27. The van der Waals surface area contributed by atoms with E-state index in [1.54, 1.807) is 0 Å². The summed E-state index contributed by atoms with van der Waals surface area (Å²) in [5.74, 6) is 0.208. The Morgan fingerprint density at radius 1 is 1.27 bits per heavy atom. The molecule has 0 aromatic carbocycles. The number of hydrogen-bond acceptors (Lipinski definition) is 5. The van der Waals surface area contributed by atoms with Crippen molar-refractivity contribution in [3.8, 4) is 0 Å². The Labute approximate surface area is 85.6 Å². The lowest BCUT2D eigenvalue weighted by Gasteiger charge is -2.03. The normalized spacial score (nSPS) is 11.2. The number of H-pyrrole nitrogens is 1. The van der Waals surface area contributed by atoms with Gasteiger partial charge in [0.15, 0.2) is 5.03 Å². The highest BCUT2D eigenvalue weighted by Crippen LogP contribution is 2.09. The van der Waals surface area contributed by atoms with Gasteiger partial charge >= 0.3 is 0 Å². The summed E-state index contributed by atoms with van der Waals surface area (Å²) in [5.41, 5.74) is 0. The molecule has 2 N–H and O–H groups in total. The van der Waals surface area contributed by atoms with E-state index in [0.29, 0.717) is 0 Å². The standard InChI is InChI=1S/C7H7N5O2S/c13-15(14,7-2-4-10-11-7)12-6-1-3-8-5-9-6/h1-5H,(H,10,11)(H,8,9,12). The minimum atomic E-state index is -3.63. The van der Waals surface area contributed by atoms with E-state index in [1.807, 2.05) is 0 Å². The van der Waals surface area contributed by atoms with Crippen molar-refractivity contribution in [3.63, 3.8) is 0 Å². The highest BCUT2D eigenvalue weighted by Gasteiger charge is 2.15. The van der Waals surface area contributed by atoms with E-state index < -0.39 is 10.0 Å². The van der Waals surface area contributed by atoms with Crippen molar-refractivity contribution in [1.82, 2.24) is 20.2 Å². The quantitative estimate of drug-likeness (QED) is 0.765. The average Bonchev–Trinajstić information content (AvgIpc) is 2.71. The van der Waals surface area contributed by atoms with Crippen LogP contribution in [-0.4, -0.2) is 28.6 Å². The molecule has 0 amide bonds. The molecule has 0 aliphatic rings. The largest absolute Gasteiger partial charge is 0.279 e. The van der Waals surface area contributed by atoms with Crippen LogP contribution in [0.1, 0.15) is 0 Å². The van der Waals surface area contributed by atoms with Gasteiger partial charge in [-0.25, -0.2) is 9.97 Å². The monoisotopic (exact) mass is 225 g/mol. The van der Waals surface area contributed by atoms with Gasteiger partial charge in [-0.05, 0) is 12.1 Å². The molecule has 2 aromatic rings. The fourth-order valence-electron chi connectivity index (χ4n) is 0.936. The van der Waals surface area contributed by atoms with E-state index in [-0.39, 0.29) is 10.8 Å². The molecule has 0 unspecified atom stereocenters. The van der Waals surface area contributed by atoms with Crippen LogP contribution < -0.4 is 4.72 Å². The van der Waals surface area contributed by atoms with Crippen LogP contribution in [0.2, 0.25) is 0 Å². The summed E-state index contributed by atoms with van der Waals surface area (Å²) in [5, 5.41) is 5.89. The zero-order chi connectivity index (χ0) is 10.7. The van der Waals surface area contributed by atoms with Crippen molar-refractivity contribution in [2.45, 2.75) is 5.03 Å². The maximum Gasteiger partial charge on any atom is 0.279 e. The van der Waals surface area contributed by atoms with Gasteiger partial charge in [0, 0.05) is 6.20 Å². The molecule has 0 aliphatic heterocycles. The molecule has 2 aromatic heterocycles. The number of anilines is 1. The molecule has 0 spiro atoms. The molecule has 0 aliphatic carbocycles. The van der Waals surface area contributed by atoms with Crippen LogP contribution >= 0.6 is 0 Å². The van der Waals surface area contributed by atoms with Crippen molar-refractivity contribution in [2.24, 2.45) is 0 Å². The third-order valence-corrected chi connectivity index (χ3v) is 2.87. The summed E-state index contributed by atoms with van der Waals surface area (Å²) in [4.78, 5) is 7.41. The smallest absolute Gasteiger partial charge is 0.266 e. The van der Waals surface area contributed by atoms with Crippen LogP contribution in [0.15, 0.2) is 35.9 Å². The van der Waals surface area contributed by atoms with Crippen molar-refractivity contribution in [1.29, 1.82) is 0 Å². The van der Waals surface area contributed by atoms with Gasteiger partial charge in [0.2, 0.25) is 0 Å². The molecule has 78 valence electrons. The lowest BCUT2D eigenvalue weighted by atomic mass is 10.6. The highest BCUT2D eigenvalue weighted by atomic mass is 32.2.